The van der Waals surface area contributed by atoms with E-state index in [0.717, 1.165) is 38.2 Å². The lowest BCUT2D eigenvalue weighted by molar-refractivity contribution is -0.129. The van der Waals surface area contributed by atoms with Gasteiger partial charge in [0.25, 0.3) is 0 Å². The number of nitrogens with zero attached hydrogens (tertiary/aromatic N) is 1. The molecule has 1 saturated heterocycles. The highest BCUT2D eigenvalue weighted by molar-refractivity contribution is 5.93. The molecule has 0 aromatic heterocycles. The fourth-order valence-corrected chi connectivity index (χ4v) is 5.71. The van der Waals surface area contributed by atoms with E-state index in [1.165, 1.54) is 16.3 Å². The van der Waals surface area contributed by atoms with Crippen molar-refractivity contribution in [2.24, 2.45) is 11.8 Å². The highest BCUT2D eigenvalue weighted by Crippen LogP contribution is 2.33. The fraction of sp³-hybridized carbons (Fsp3) is 0.419. The highest BCUT2D eigenvalue weighted by atomic mass is 16.3. The Kier molecular flexibility index (Phi) is 8.55. The Hall–Kier alpha value is -3.02. The van der Waals surface area contributed by atoms with Gasteiger partial charge in [0.15, 0.2) is 11.6 Å². The number of Topliss-reactive ketones (excluding diaryl/α,β-unsaturated/α-hetero) is 2. The number of hydrogen-bond donors (Lipinski definition) is 2. The SMILES string of the molecule is CC(CC(=O)CO)C[C@H](C)C(=O)C1(Nc2ccccc2)CCN(Cc2cccc3ccccc23)CC1. The molecular weight excluding hydrogens is 448 g/mol. The molecule has 2 atom stereocenters. The molecule has 3 aromatic rings. The molecule has 190 valence electrons. The minimum absolute atomic E-state index is 0.0591. The Balaban J connectivity index is 1.48. The minimum atomic E-state index is -0.628. The van der Waals surface area contributed by atoms with Crippen LogP contribution in [0.4, 0.5) is 5.69 Å². The van der Waals surface area contributed by atoms with Gasteiger partial charge in [-0.15, -0.1) is 0 Å². The van der Waals surface area contributed by atoms with E-state index in [9.17, 15) is 9.59 Å². The number of rotatable bonds is 11. The first-order valence-electron chi connectivity index (χ1n) is 13.1. The number of hydrogen-bond acceptors (Lipinski definition) is 5. The lowest BCUT2D eigenvalue weighted by Crippen LogP contribution is -2.56. The molecule has 5 nitrogen and oxygen atoms in total. The number of likely N-dealkylation sites (tertiary alicyclic amines) is 1. The number of nitrogens with one attached hydrogen (secondary N) is 1. The maximum absolute atomic E-state index is 13.9. The number of fused-ring (bicyclic) bond motifs is 1. The van der Waals surface area contributed by atoms with Crippen molar-refractivity contribution in [1.29, 1.82) is 0 Å². The molecule has 0 aliphatic carbocycles. The molecular formula is C31H38N2O3. The zero-order chi connectivity index (χ0) is 25.5. The summed E-state index contributed by atoms with van der Waals surface area (Å²) in [6.45, 7) is 6.08. The lowest BCUT2D eigenvalue weighted by Gasteiger charge is -2.43. The van der Waals surface area contributed by atoms with E-state index in [1.807, 2.05) is 44.2 Å². The maximum Gasteiger partial charge on any atom is 0.161 e. The van der Waals surface area contributed by atoms with Crippen molar-refractivity contribution in [3.05, 3.63) is 78.4 Å². The normalized spacial score (nSPS) is 17.4. The molecule has 2 N–H and O–H groups in total. The Morgan fingerprint density at radius 1 is 0.944 bits per heavy atom. The van der Waals surface area contributed by atoms with Crippen molar-refractivity contribution in [3.63, 3.8) is 0 Å². The zero-order valence-corrected chi connectivity index (χ0v) is 21.5. The average Bonchev–Trinajstić information content (AvgIpc) is 2.90. The number of aliphatic hydroxyl groups is 1. The van der Waals surface area contributed by atoms with Crippen molar-refractivity contribution in [2.75, 3.05) is 25.0 Å². The van der Waals surface area contributed by atoms with E-state index in [1.54, 1.807) is 0 Å². The summed E-state index contributed by atoms with van der Waals surface area (Å²) in [5.41, 5.74) is 1.65. The molecule has 1 heterocycles. The first kappa shape index (κ1) is 26.1. The number of piperidine rings is 1. The molecule has 36 heavy (non-hydrogen) atoms. The fourth-order valence-electron chi connectivity index (χ4n) is 5.71. The average molecular weight is 487 g/mol. The van der Waals surface area contributed by atoms with Gasteiger partial charge in [0.1, 0.15) is 6.61 Å². The largest absolute Gasteiger partial charge is 0.389 e. The van der Waals surface area contributed by atoms with Crippen molar-refractivity contribution in [3.8, 4) is 0 Å². The minimum Gasteiger partial charge on any atom is -0.389 e. The van der Waals surface area contributed by atoms with Gasteiger partial charge in [-0.2, -0.15) is 0 Å². The Morgan fingerprint density at radius 3 is 2.33 bits per heavy atom. The molecule has 3 aromatic carbocycles. The molecule has 1 aliphatic heterocycles. The van der Waals surface area contributed by atoms with Gasteiger partial charge in [-0.05, 0) is 53.6 Å². The van der Waals surface area contributed by atoms with Crippen LogP contribution in [0.3, 0.4) is 0 Å². The number of aliphatic hydroxyl groups excluding tert-OH is 1. The van der Waals surface area contributed by atoms with Gasteiger partial charge in [-0.25, -0.2) is 0 Å². The number of para-hydroxylation sites is 1. The molecule has 5 heteroatoms. The van der Waals surface area contributed by atoms with E-state index < -0.39 is 12.1 Å². The third kappa shape index (κ3) is 6.21. The van der Waals surface area contributed by atoms with Gasteiger partial charge in [0.2, 0.25) is 0 Å². The molecule has 0 bridgehead atoms. The van der Waals surface area contributed by atoms with Crippen molar-refractivity contribution >= 4 is 28.0 Å². The monoisotopic (exact) mass is 486 g/mol. The number of anilines is 1. The topological polar surface area (TPSA) is 69.6 Å². The third-order valence-electron chi connectivity index (χ3n) is 7.57. The smallest absolute Gasteiger partial charge is 0.161 e. The summed E-state index contributed by atoms with van der Waals surface area (Å²) in [5.74, 6) is -0.0587. The van der Waals surface area contributed by atoms with Crippen LogP contribution >= 0.6 is 0 Å². The van der Waals surface area contributed by atoms with Gasteiger partial charge < -0.3 is 10.4 Å². The summed E-state index contributed by atoms with van der Waals surface area (Å²) < 4.78 is 0. The number of ketones is 2. The summed E-state index contributed by atoms with van der Waals surface area (Å²) in [4.78, 5) is 28.1. The van der Waals surface area contributed by atoms with Crippen molar-refractivity contribution in [1.82, 2.24) is 4.90 Å². The Labute approximate surface area is 214 Å². The van der Waals surface area contributed by atoms with Gasteiger partial charge in [-0.1, -0.05) is 74.5 Å². The van der Waals surface area contributed by atoms with Gasteiger partial charge >= 0.3 is 0 Å². The first-order chi connectivity index (χ1) is 17.4. The third-order valence-corrected chi connectivity index (χ3v) is 7.57. The Bertz CT molecular complexity index is 1160. The van der Waals surface area contributed by atoms with Crippen LogP contribution in [-0.2, 0) is 16.1 Å². The number of carbonyl (C=O) groups excluding carboxylic acids is 2. The van der Waals surface area contributed by atoms with Crippen LogP contribution < -0.4 is 5.32 Å². The summed E-state index contributed by atoms with van der Waals surface area (Å²) in [5, 5.41) is 15.3. The second-order valence-electron chi connectivity index (χ2n) is 10.5. The van der Waals surface area contributed by atoms with E-state index >= 15 is 0 Å². The van der Waals surface area contributed by atoms with Crippen LogP contribution in [0, 0.1) is 11.8 Å². The maximum atomic E-state index is 13.9. The van der Waals surface area contributed by atoms with Crippen LogP contribution in [-0.4, -0.2) is 46.8 Å². The molecule has 0 radical (unpaired) electrons. The van der Waals surface area contributed by atoms with Crippen molar-refractivity contribution in [2.45, 2.75) is 51.6 Å². The molecule has 1 unspecified atom stereocenters. The van der Waals surface area contributed by atoms with E-state index in [-0.39, 0.29) is 23.4 Å². The quantitative estimate of drug-likeness (QED) is 0.376. The van der Waals surface area contributed by atoms with Crippen LogP contribution in [0.1, 0.15) is 45.1 Å². The first-order valence-corrected chi connectivity index (χ1v) is 13.1. The van der Waals surface area contributed by atoms with Crippen LogP contribution in [0.25, 0.3) is 10.8 Å². The van der Waals surface area contributed by atoms with Crippen LogP contribution in [0.15, 0.2) is 72.8 Å². The van der Waals surface area contributed by atoms with E-state index in [4.69, 9.17) is 5.11 Å². The number of benzene rings is 3. The highest BCUT2D eigenvalue weighted by Gasteiger charge is 2.43. The summed E-state index contributed by atoms with van der Waals surface area (Å²) in [6, 6.07) is 25.0. The Morgan fingerprint density at radius 2 is 1.61 bits per heavy atom. The van der Waals surface area contributed by atoms with Crippen molar-refractivity contribution < 1.29 is 14.7 Å². The predicted molar refractivity (Wildman–Crippen MR) is 146 cm³/mol. The zero-order valence-electron chi connectivity index (χ0n) is 21.5. The molecule has 1 aliphatic rings. The molecule has 0 spiro atoms. The van der Waals surface area contributed by atoms with Crippen LogP contribution in [0.5, 0.6) is 0 Å². The van der Waals surface area contributed by atoms with E-state index in [2.05, 4.69) is 52.7 Å². The molecule has 0 saturated carbocycles. The second kappa shape index (κ2) is 11.8. The van der Waals surface area contributed by atoms with Crippen LogP contribution in [0.2, 0.25) is 0 Å². The van der Waals surface area contributed by atoms with E-state index in [0.29, 0.717) is 12.8 Å². The second-order valence-corrected chi connectivity index (χ2v) is 10.5. The standard InChI is InChI=1S/C31H38N2O3/c1-23(20-28(35)22-34)19-24(2)30(36)31(32-27-12-4-3-5-13-27)15-17-33(18-16-31)21-26-11-8-10-25-9-6-7-14-29(25)26/h3-14,23-24,32,34H,15-22H2,1-2H3/t23?,24-/m0/s1. The molecule has 1 fully saturated rings. The van der Waals surface area contributed by atoms with Gasteiger partial charge in [0, 0.05) is 37.7 Å². The summed E-state index contributed by atoms with van der Waals surface area (Å²) >= 11 is 0. The lowest BCUT2D eigenvalue weighted by atomic mass is 9.76. The number of carbonyl (C=O) groups is 2. The summed E-state index contributed by atoms with van der Waals surface area (Å²) in [6.07, 6.45) is 2.42. The van der Waals surface area contributed by atoms with Gasteiger partial charge in [-0.3, -0.25) is 14.5 Å². The molecule has 4 rings (SSSR count). The summed E-state index contributed by atoms with van der Waals surface area (Å²) in [7, 11) is 0. The molecule has 0 amide bonds. The van der Waals surface area contributed by atoms with Gasteiger partial charge in [0.05, 0.1) is 5.54 Å². The predicted octanol–water partition coefficient (Wildman–Crippen LogP) is 5.47.